The van der Waals surface area contributed by atoms with E-state index >= 15 is 0 Å². The molecule has 1 aliphatic rings. The van der Waals surface area contributed by atoms with Crippen molar-refractivity contribution in [3.63, 3.8) is 0 Å². The lowest BCUT2D eigenvalue weighted by molar-refractivity contribution is -0.137. The molecule has 3 rings (SSSR count). The topological polar surface area (TPSA) is 59.6 Å². The molecule has 1 fully saturated rings. The Morgan fingerprint density at radius 2 is 1.76 bits per heavy atom. The van der Waals surface area contributed by atoms with E-state index in [9.17, 15) is 18.0 Å². The number of alkyl halides is 3. The summed E-state index contributed by atoms with van der Waals surface area (Å²) in [6.45, 7) is 2.71. The molecule has 33 heavy (non-hydrogen) atoms. The van der Waals surface area contributed by atoms with Gasteiger partial charge in [-0.05, 0) is 68.4 Å². The van der Waals surface area contributed by atoms with E-state index in [1.165, 1.54) is 6.07 Å². The number of methoxy groups -OCH3 is 2. The Kier molecular flexibility index (Phi) is 8.24. The molecule has 0 aliphatic heterocycles. The van der Waals surface area contributed by atoms with Crippen molar-refractivity contribution in [1.82, 2.24) is 10.6 Å². The first kappa shape index (κ1) is 24.9. The first-order chi connectivity index (χ1) is 15.7. The quantitative estimate of drug-likeness (QED) is 0.570. The molecule has 180 valence electrons. The van der Waals surface area contributed by atoms with Crippen LogP contribution in [0.25, 0.3) is 0 Å². The highest BCUT2D eigenvalue weighted by Crippen LogP contribution is 2.31. The molecule has 8 heteroatoms. The number of carbonyl (C=O) groups excluding carboxylic acids is 1. The van der Waals surface area contributed by atoms with Gasteiger partial charge in [0.1, 0.15) is 11.5 Å². The largest absolute Gasteiger partial charge is 0.497 e. The Hall–Kier alpha value is -2.74. The van der Waals surface area contributed by atoms with Crippen LogP contribution in [0.3, 0.4) is 0 Å². The SMILES string of the molecule is COc1ccc(CN[C@H]2CC[C@H](CNC(=O)c3cc(C)cc(C(F)(F)F)c3)CC2)c(OC)c1. The number of halogens is 3. The number of benzene rings is 2. The van der Waals surface area contributed by atoms with E-state index in [0.29, 0.717) is 30.6 Å². The van der Waals surface area contributed by atoms with Gasteiger partial charge in [0.15, 0.2) is 0 Å². The van der Waals surface area contributed by atoms with Gasteiger partial charge in [0.25, 0.3) is 5.91 Å². The molecule has 1 amide bonds. The highest BCUT2D eigenvalue weighted by atomic mass is 19.4. The molecule has 2 N–H and O–H groups in total. The van der Waals surface area contributed by atoms with Crippen LogP contribution in [0.4, 0.5) is 13.2 Å². The zero-order chi connectivity index (χ0) is 24.0. The zero-order valence-electron chi connectivity index (χ0n) is 19.2. The van der Waals surface area contributed by atoms with Gasteiger partial charge < -0.3 is 20.1 Å². The van der Waals surface area contributed by atoms with Gasteiger partial charge in [-0.15, -0.1) is 0 Å². The van der Waals surface area contributed by atoms with E-state index in [1.54, 1.807) is 21.1 Å². The van der Waals surface area contributed by atoms with Crippen LogP contribution in [0.1, 0.15) is 52.7 Å². The minimum Gasteiger partial charge on any atom is -0.497 e. The molecular weight excluding hydrogens is 433 g/mol. The summed E-state index contributed by atoms with van der Waals surface area (Å²) in [6, 6.07) is 9.58. The van der Waals surface area contributed by atoms with Crippen LogP contribution in [0, 0.1) is 12.8 Å². The van der Waals surface area contributed by atoms with E-state index in [4.69, 9.17) is 9.47 Å². The lowest BCUT2D eigenvalue weighted by Crippen LogP contribution is -2.36. The molecule has 0 unspecified atom stereocenters. The number of hydrogen-bond donors (Lipinski definition) is 2. The predicted molar refractivity (Wildman–Crippen MR) is 121 cm³/mol. The van der Waals surface area contributed by atoms with Gasteiger partial charge in [0.05, 0.1) is 19.8 Å². The molecule has 0 aromatic heterocycles. The van der Waals surface area contributed by atoms with E-state index < -0.39 is 17.6 Å². The van der Waals surface area contributed by atoms with Crippen molar-refractivity contribution in [2.24, 2.45) is 5.92 Å². The molecular formula is C25H31F3N2O3. The van der Waals surface area contributed by atoms with Gasteiger partial charge >= 0.3 is 6.18 Å². The smallest absolute Gasteiger partial charge is 0.416 e. The van der Waals surface area contributed by atoms with Crippen LogP contribution in [0.15, 0.2) is 36.4 Å². The molecule has 1 saturated carbocycles. The number of amides is 1. The number of aryl methyl sites for hydroxylation is 1. The predicted octanol–water partition coefficient (Wildman–Crippen LogP) is 5.11. The minimum atomic E-state index is -4.47. The third-order valence-corrected chi connectivity index (χ3v) is 6.14. The second-order valence-corrected chi connectivity index (χ2v) is 8.57. The van der Waals surface area contributed by atoms with Crippen molar-refractivity contribution in [3.05, 3.63) is 58.7 Å². The molecule has 0 bridgehead atoms. The third kappa shape index (κ3) is 6.87. The maximum absolute atomic E-state index is 13.0. The monoisotopic (exact) mass is 464 g/mol. The maximum atomic E-state index is 13.0. The Bertz CT molecular complexity index is 954. The second-order valence-electron chi connectivity index (χ2n) is 8.57. The summed E-state index contributed by atoms with van der Waals surface area (Å²) in [4.78, 5) is 12.4. The Labute approximate surface area is 192 Å². The fourth-order valence-corrected chi connectivity index (χ4v) is 4.24. The first-order valence-electron chi connectivity index (χ1n) is 11.1. The maximum Gasteiger partial charge on any atom is 0.416 e. The lowest BCUT2D eigenvalue weighted by Gasteiger charge is -2.29. The molecule has 0 radical (unpaired) electrons. The summed E-state index contributed by atoms with van der Waals surface area (Å²) in [5, 5.41) is 6.39. The number of nitrogens with one attached hydrogen (secondary N) is 2. The summed E-state index contributed by atoms with van der Waals surface area (Å²) >= 11 is 0. The average Bonchev–Trinajstić information content (AvgIpc) is 2.80. The summed E-state index contributed by atoms with van der Waals surface area (Å²) in [7, 11) is 3.26. The Morgan fingerprint density at radius 1 is 1.03 bits per heavy atom. The summed E-state index contributed by atoms with van der Waals surface area (Å²) in [5.74, 6) is 1.38. The molecule has 2 aromatic rings. The van der Waals surface area contributed by atoms with Crippen LogP contribution in [0.2, 0.25) is 0 Å². The number of ether oxygens (including phenoxy) is 2. The van der Waals surface area contributed by atoms with Crippen LogP contribution in [0.5, 0.6) is 11.5 Å². The third-order valence-electron chi connectivity index (χ3n) is 6.14. The van der Waals surface area contributed by atoms with Gasteiger partial charge in [0.2, 0.25) is 0 Å². The molecule has 0 atom stereocenters. The molecule has 2 aromatic carbocycles. The summed E-state index contributed by atoms with van der Waals surface area (Å²) in [5.41, 5.74) is 0.720. The second kappa shape index (κ2) is 10.9. The van der Waals surface area contributed by atoms with Gasteiger partial charge in [-0.2, -0.15) is 13.2 Å². The van der Waals surface area contributed by atoms with E-state index in [0.717, 1.165) is 54.9 Å². The molecule has 1 aliphatic carbocycles. The van der Waals surface area contributed by atoms with Crippen molar-refractivity contribution >= 4 is 5.91 Å². The van der Waals surface area contributed by atoms with Crippen LogP contribution >= 0.6 is 0 Å². The van der Waals surface area contributed by atoms with Gasteiger partial charge in [-0.1, -0.05) is 6.07 Å². The van der Waals surface area contributed by atoms with Crippen molar-refractivity contribution in [2.75, 3.05) is 20.8 Å². The van der Waals surface area contributed by atoms with Gasteiger partial charge in [0, 0.05) is 36.3 Å². The average molecular weight is 465 g/mol. The fourth-order valence-electron chi connectivity index (χ4n) is 4.24. The zero-order valence-corrected chi connectivity index (χ0v) is 19.2. The number of rotatable bonds is 8. The Morgan fingerprint density at radius 3 is 2.39 bits per heavy atom. The number of carbonyl (C=O) groups is 1. The van der Waals surface area contributed by atoms with Crippen molar-refractivity contribution in [2.45, 2.75) is 51.4 Å². The lowest BCUT2D eigenvalue weighted by atomic mass is 9.86. The normalized spacial score (nSPS) is 18.6. The summed E-state index contributed by atoms with van der Waals surface area (Å²) in [6.07, 6.45) is -0.635. The van der Waals surface area contributed by atoms with Crippen LogP contribution < -0.4 is 20.1 Å². The molecule has 0 heterocycles. The highest BCUT2D eigenvalue weighted by Gasteiger charge is 2.31. The first-order valence-corrected chi connectivity index (χ1v) is 11.1. The standard InChI is InChI=1S/C25H31F3N2O3/c1-16-10-19(12-20(11-16)25(26,27)28)24(31)30-14-17-4-7-21(8-5-17)29-15-18-6-9-22(32-2)13-23(18)33-3/h6,9-13,17,21,29H,4-5,7-8,14-15H2,1-3H3,(H,30,31)/t17-,21-. The van der Waals surface area contributed by atoms with Gasteiger partial charge in [-0.25, -0.2) is 0 Å². The van der Waals surface area contributed by atoms with Crippen molar-refractivity contribution in [1.29, 1.82) is 0 Å². The molecule has 0 saturated heterocycles. The number of hydrogen-bond acceptors (Lipinski definition) is 4. The van der Waals surface area contributed by atoms with E-state index in [-0.39, 0.29) is 5.56 Å². The molecule has 0 spiro atoms. The summed E-state index contributed by atoms with van der Waals surface area (Å²) < 4.78 is 49.7. The fraction of sp³-hybridized carbons (Fsp3) is 0.480. The van der Waals surface area contributed by atoms with Crippen molar-refractivity contribution < 1.29 is 27.4 Å². The van der Waals surface area contributed by atoms with Crippen molar-refractivity contribution in [3.8, 4) is 11.5 Å². The van der Waals surface area contributed by atoms with E-state index in [2.05, 4.69) is 10.6 Å². The Balaban J connectivity index is 1.46. The van der Waals surface area contributed by atoms with Gasteiger partial charge in [-0.3, -0.25) is 4.79 Å². The minimum absolute atomic E-state index is 0.0473. The molecule has 5 nitrogen and oxygen atoms in total. The van der Waals surface area contributed by atoms with Crippen LogP contribution in [-0.2, 0) is 12.7 Å². The highest BCUT2D eigenvalue weighted by molar-refractivity contribution is 5.94. The van der Waals surface area contributed by atoms with Crippen LogP contribution in [-0.4, -0.2) is 32.7 Å². The van der Waals surface area contributed by atoms with E-state index in [1.807, 2.05) is 18.2 Å².